The van der Waals surface area contributed by atoms with Gasteiger partial charge in [0.2, 0.25) is 11.7 Å². The smallest absolute Gasteiger partial charge is 0.241 e. The summed E-state index contributed by atoms with van der Waals surface area (Å²) in [5.41, 5.74) is 5.88. The summed E-state index contributed by atoms with van der Waals surface area (Å²) in [7, 11) is 0. The summed E-state index contributed by atoms with van der Waals surface area (Å²) in [4.78, 5) is 7.79. The fourth-order valence-electron chi connectivity index (χ4n) is 2.13. The first-order valence-electron chi connectivity index (χ1n) is 6.15. The third-order valence-electron chi connectivity index (χ3n) is 3.20. The lowest BCUT2D eigenvalue weighted by Crippen LogP contribution is -2.39. The molecule has 1 saturated heterocycles. The zero-order valence-corrected chi connectivity index (χ0v) is 10.9. The molecule has 0 unspecified atom stereocenters. The van der Waals surface area contributed by atoms with Crippen LogP contribution in [0.15, 0.2) is 22.0 Å². The number of rotatable bonds is 3. The molecular weight excluding hydrogens is 248 g/mol. The molecule has 3 heterocycles. The first-order valence-corrected chi connectivity index (χ1v) is 7.03. The molecule has 0 amide bonds. The Morgan fingerprint density at radius 1 is 1.44 bits per heavy atom. The molecule has 0 aliphatic carbocycles. The van der Waals surface area contributed by atoms with Crippen LogP contribution in [0.4, 0.5) is 0 Å². The number of likely N-dealkylation sites (tertiary alicyclic amines) is 1. The summed E-state index contributed by atoms with van der Waals surface area (Å²) in [6.07, 6.45) is 2.10. The SMILES string of the molecule is NC1CCN(Cc2nc(-c3cccs3)no2)CC1. The number of nitrogens with zero attached hydrogens (tertiary/aromatic N) is 3. The van der Waals surface area contributed by atoms with Gasteiger partial charge in [-0.25, -0.2) is 0 Å². The van der Waals surface area contributed by atoms with Gasteiger partial charge in [0, 0.05) is 19.1 Å². The van der Waals surface area contributed by atoms with Crippen LogP contribution in [0.5, 0.6) is 0 Å². The molecule has 3 rings (SSSR count). The first kappa shape index (κ1) is 11.8. The zero-order valence-electron chi connectivity index (χ0n) is 10.1. The van der Waals surface area contributed by atoms with Crippen LogP contribution in [0.2, 0.25) is 0 Å². The van der Waals surface area contributed by atoms with E-state index in [0.29, 0.717) is 17.8 Å². The molecule has 6 heteroatoms. The van der Waals surface area contributed by atoms with Crippen molar-refractivity contribution in [1.82, 2.24) is 15.0 Å². The third-order valence-corrected chi connectivity index (χ3v) is 4.07. The predicted octanol–water partition coefficient (Wildman–Crippen LogP) is 1.72. The summed E-state index contributed by atoms with van der Waals surface area (Å²) in [6, 6.07) is 4.34. The fraction of sp³-hybridized carbons (Fsp3) is 0.500. The van der Waals surface area contributed by atoms with Crippen LogP contribution in [0.1, 0.15) is 18.7 Å². The largest absolute Gasteiger partial charge is 0.338 e. The minimum atomic E-state index is 0.352. The first-order chi connectivity index (χ1) is 8.81. The second kappa shape index (κ2) is 5.17. The Morgan fingerprint density at radius 3 is 3.00 bits per heavy atom. The Labute approximate surface area is 110 Å². The normalized spacial score (nSPS) is 18.3. The van der Waals surface area contributed by atoms with Crippen molar-refractivity contribution >= 4 is 11.3 Å². The average Bonchev–Trinajstić information content (AvgIpc) is 3.02. The highest BCUT2D eigenvalue weighted by atomic mass is 32.1. The predicted molar refractivity (Wildman–Crippen MR) is 70.1 cm³/mol. The van der Waals surface area contributed by atoms with Gasteiger partial charge in [0.15, 0.2) is 0 Å². The van der Waals surface area contributed by atoms with Gasteiger partial charge in [0.05, 0.1) is 11.4 Å². The topological polar surface area (TPSA) is 68.2 Å². The van der Waals surface area contributed by atoms with Gasteiger partial charge < -0.3 is 10.3 Å². The van der Waals surface area contributed by atoms with Crippen molar-refractivity contribution in [1.29, 1.82) is 0 Å². The van der Waals surface area contributed by atoms with Gasteiger partial charge in [-0.3, -0.25) is 4.90 Å². The Kier molecular flexibility index (Phi) is 3.40. The van der Waals surface area contributed by atoms with Crippen LogP contribution < -0.4 is 5.73 Å². The van der Waals surface area contributed by atoms with Crippen molar-refractivity contribution in [2.24, 2.45) is 5.73 Å². The molecule has 2 aromatic rings. The van der Waals surface area contributed by atoms with E-state index in [9.17, 15) is 0 Å². The van der Waals surface area contributed by atoms with Crippen LogP contribution in [0, 0.1) is 0 Å². The van der Waals surface area contributed by atoms with Gasteiger partial charge in [0.1, 0.15) is 0 Å². The van der Waals surface area contributed by atoms with Gasteiger partial charge in [-0.15, -0.1) is 11.3 Å². The number of aromatic nitrogens is 2. The number of piperidine rings is 1. The van der Waals surface area contributed by atoms with Crippen LogP contribution in [0.3, 0.4) is 0 Å². The van der Waals surface area contributed by atoms with Crippen molar-refractivity contribution < 1.29 is 4.52 Å². The molecule has 2 aromatic heterocycles. The van der Waals surface area contributed by atoms with Crippen LogP contribution in [0.25, 0.3) is 10.7 Å². The van der Waals surface area contributed by atoms with Crippen molar-refractivity contribution in [2.75, 3.05) is 13.1 Å². The molecular formula is C12H16N4OS. The standard InChI is InChI=1S/C12H16N4OS/c13-9-3-5-16(6-4-9)8-11-14-12(15-17-11)10-2-1-7-18-10/h1-2,7,9H,3-6,8,13H2. The van der Waals surface area contributed by atoms with Crippen LogP contribution >= 0.6 is 11.3 Å². The van der Waals surface area contributed by atoms with Crippen molar-refractivity contribution in [3.8, 4) is 10.7 Å². The van der Waals surface area contributed by atoms with E-state index in [-0.39, 0.29) is 0 Å². The molecule has 1 aliphatic heterocycles. The summed E-state index contributed by atoms with van der Waals surface area (Å²) in [5, 5.41) is 6.02. The van der Waals surface area contributed by atoms with Crippen LogP contribution in [-0.4, -0.2) is 34.2 Å². The highest BCUT2D eigenvalue weighted by molar-refractivity contribution is 7.13. The molecule has 0 atom stereocenters. The minimum absolute atomic E-state index is 0.352. The minimum Gasteiger partial charge on any atom is -0.338 e. The number of hydrogen-bond donors (Lipinski definition) is 1. The van der Waals surface area contributed by atoms with Crippen molar-refractivity contribution in [2.45, 2.75) is 25.4 Å². The molecule has 0 spiro atoms. The quantitative estimate of drug-likeness (QED) is 0.914. The Bertz CT molecular complexity index is 488. The monoisotopic (exact) mass is 264 g/mol. The van der Waals surface area contributed by atoms with Gasteiger partial charge in [-0.05, 0) is 24.3 Å². The Hall–Kier alpha value is -1.24. The Morgan fingerprint density at radius 2 is 2.28 bits per heavy atom. The molecule has 18 heavy (non-hydrogen) atoms. The van der Waals surface area contributed by atoms with Gasteiger partial charge in [-0.1, -0.05) is 11.2 Å². The van der Waals surface area contributed by atoms with Crippen molar-refractivity contribution in [3.05, 3.63) is 23.4 Å². The van der Waals surface area contributed by atoms with E-state index < -0.39 is 0 Å². The summed E-state index contributed by atoms with van der Waals surface area (Å²) < 4.78 is 5.29. The summed E-state index contributed by atoms with van der Waals surface area (Å²) >= 11 is 1.62. The molecule has 0 aromatic carbocycles. The van der Waals surface area contributed by atoms with E-state index >= 15 is 0 Å². The van der Waals surface area contributed by atoms with E-state index in [2.05, 4.69) is 15.0 Å². The van der Waals surface area contributed by atoms with Gasteiger partial charge in [0.25, 0.3) is 0 Å². The lowest BCUT2D eigenvalue weighted by atomic mass is 10.1. The van der Waals surface area contributed by atoms with Crippen molar-refractivity contribution in [3.63, 3.8) is 0 Å². The molecule has 2 N–H and O–H groups in total. The summed E-state index contributed by atoms with van der Waals surface area (Å²) in [5.74, 6) is 1.38. The molecule has 96 valence electrons. The molecule has 1 fully saturated rings. The highest BCUT2D eigenvalue weighted by Gasteiger charge is 2.18. The Balaban J connectivity index is 1.64. The van der Waals surface area contributed by atoms with Gasteiger partial charge in [-0.2, -0.15) is 4.98 Å². The number of hydrogen-bond acceptors (Lipinski definition) is 6. The average molecular weight is 264 g/mol. The molecule has 5 nitrogen and oxygen atoms in total. The molecule has 0 bridgehead atoms. The molecule has 1 aliphatic rings. The maximum absolute atomic E-state index is 5.88. The van der Waals surface area contributed by atoms with E-state index in [0.717, 1.165) is 37.4 Å². The van der Waals surface area contributed by atoms with E-state index in [1.54, 1.807) is 11.3 Å². The van der Waals surface area contributed by atoms with E-state index in [4.69, 9.17) is 10.3 Å². The van der Waals surface area contributed by atoms with Gasteiger partial charge >= 0.3 is 0 Å². The zero-order chi connectivity index (χ0) is 12.4. The lowest BCUT2D eigenvalue weighted by molar-refractivity contribution is 0.182. The maximum Gasteiger partial charge on any atom is 0.241 e. The summed E-state index contributed by atoms with van der Waals surface area (Å²) in [6.45, 7) is 2.75. The fourth-order valence-corrected chi connectivity index (χ4v) is 2.78. The van der Waals surface area contributed by atoms with E-state index in [1.165, 1.54) is 0 Å². The second-order valence-electron chi connectivity index (χ2n) is 4.60. The second-order valence-corrected chi connectivity index (χ2v) is 5.55. The van der Waals surface area contributed by atoms with E-state index in [1.807, 2.05) is 17.5 Å². The number of nitrogens with two attached hydrogens (primary N) is 1. The van der Waals surface area contributed by atoms with Crippen LogP contribution in [-0.2, 0) is 6.54 Å². The molecule has 0 saturated carbocycles. The third kappa shape index (κ3) is 2.60. The number of thiophene rings is 1. The molecule has 0 radical (unpaired) electrons. The maximum atomic E-state index is 5.88. The highest BCUT2D eigenvalue weighted by Crippen LogP contribution is 2.22. The lowest BCUT2D eigenvalue weighted by Gasteiger charge is -2.28.